The van der Waals surface area contributed by atoms with E-state index in [9.17, 15) is 9.90 Å². The van der Waals surface area contributed by atoms with Gasteiger partial charge in [0.2, 0.25) is 0 Å². The van der Waals surface area contributed by atoms with Gasteiger partial charge in [0.05, 0.1) is 0 Å². The van der Waals surface area contributed by atoms with E-state index >= 15 is 0 Å². The minimum Gasteiger partial charge on any atom is -0.444 e. The number of ether oxygens (including phenoxy) is 1. The van der Waals surface area contributed by atoms with Gasteiger partial charge >= 0.3 is 6.09 Å². The van der Waals surface area contributed by atoms with Gasteiger partial charge in [-0.15, -0.1) is 0 Å². The van der Waals surface area contributed by atoms with Gasteiger partial charge in [0.1, 0.15) is 5.60 Å². The Morgan fingerprint density at radius 1 is 1.47 bits per heavy atom. The molecule has 1 rings (SSSR count). The summed E-state index contributed by atoms with van der Waals surface area (Å²) in [5.74, 6) is 0.0336. The Hall–Kier alpha value is -0.810. The number of amides is 1. The van der Waals surface area contributed by atoms with Crippen molar-refractivity contribution in [2.45, 2.75) is 57.7 Å². The summed E-state index contributed by atoms with van der Waals surface area (Å²) in [5.41, 5.74) is 5.34. The Balaban J connectivity index is 2.47. The first-order valence-electron chi connectivity index (χ1n) is 6.18. The highest BCUT2D eigenvalue weighted by atomic mass is 16.6. The summed E-state index contributed by atoms with van der Waals surface area (Å²) in [5, 5.41) is 12.1. The maximum absolute atomic E-state index is 11.6. The average Bonchev–Trinajstić information content (AvgIpc) is 2.17. The van der Waals surface area contributed by atoms with Crippen LogP contribution < -0.4 is 11.1 Å². The molecule has 0 aromatic heterocycles. The average molecular weight is 244 g/mol. The summed E-state index contributed by atoms with van der Waals surface area (Å²) >= 11 is 0. The van der Waals surface area contributed by atoms with Gasteiger partial charge in [-0.2, -0.15) is 0 Å². The normalized spacial score (nSPS) is 29.8. The molecule has 0 radical (unpaired) electrons. The molecule has 1 aliphatic rings. The zero-order valence-corrected chi connectivity index (χ0v) is 10.9. The molecule has 0 heterocycles. The Morgan fingerprint density at radius 3 is 2.65 bits per heavy atom. The fourth-order valence-electron chi connectivity index (χ4n) is 2.15. The van der Waals surface area contributed by atoms with Crippen molar-refractivity contribution in [1.82, 2.24) is 5.32 Å². The van der Waals surface area contributed by atoms with E-state index in [-0.39, 0.29) is 24.6 Å². The summed E-state index contributed by atoms with van der Waals surface area (Å²) in [6, 6.07) is 0.0958. The van der Waals surface area contributed by atoms with Crippen LogP contribution in [0.5, 0.6) is 0 Å². The van der Waals surface area contributed by atoms with Crippen LogP contribution in [0.3, 0.4) is 0 Å². The summed E-state index contributed by atoms with van der Waals surface area (Å²) < 4.78 is 5.20. The Bertz CT molecular complexity index is 263. The van der Waals surface area contributed by atoms with Crippen LogP contribution in [0.1, 0.15) is 40.0 Å². The number of alkyl carbamates (subject to hydrolysis) is 1. The molecule has 0 unspecified atom stereocenters. The lowest BCUT2D eigenvalue weighted by Gasteiger charge is -2.34. The van der Waals surface area contributed by atoms with Gasteiger partial charge in [-0.05, 0) is 40.0 Å². The van der Waals surface area contributed by atoms with E-state index in [1.165, 1.54) is 0 Å². The maximum atomic E-state index is 11.6. The molecule has 5 nitrogen and oxygen atoms in total. The Labute approximate surface area is 103 Å². The number of aliphatic hydroxyl groups is 1. The lowest BCUT2D eigenvalue weighted by atomic mass is 9.82. The van der Waals surface area contributed by atoms with Crippen LogP contribution in [0.4, 0.5) is 4.79 Å². The highest BCUT2D eigenvalue weighted by Crippen LogP contribution is 2.23. The molecule has 1 aliphatic carbocycles. The van der Waals surface area contributed by atoms with Crippen molar-refractivity contribution in [3.05, 3.63) is 0 Å². The lowest BCUT2D eigenvalue weighted by Crippen LogP contribution is -2.48. The molecule has 5 heteroatoms. The number of aliphatic hydroxyl groups excluding tert-OH is 1. The van der Waals surface area contributed by atoms with Crippen LogP contribution in [-0.4, -0.2) is 35.5 Å². The highest BCUT2D eigenvalue weighted by Gasteiger charge is 2.30. The van der Waals surface area contributed by atoms with E-state index < -0.39 is 11.7 Å². The van der Waals surface area contributed by atoms with Crippen molar-refractivity contribution in [3.63, 3.8) is 0 Å². The largest absolute Gasteiger partial charge is 0.444 e. The van der Waals surface area contributed by atoms with Crippen LogP contribution in [0, 0.1) is 5.92 Å². The molecule has 0 spiro atoms. The number of hydrogen-bond donors (Lipinski definition) is 3. The Morgan fingerprint density at radius 2 is 2.12 bits per heavy atom. The topological polar surface area (TPSA) is 84.6 Å². The van der Waals surface area contributed by atoms with E-state index in [0.717, 1.165) is 19.3 Å². The molecule has 1 fully saturated rings. The first-order valence-corrected chi connectivity index (χ1v) is 6.18. The van der Waals surface area contributed by atoms with Gasteiger partial charge in [0.15, 0.2) is 0 Å². The van der Waals surface area contributed by atoms with Gasteiger partial charge in [0.25, 0.3) is 0 Å². The molecule has 1 saturated carbocycles. The van der Waals surface area contributed by atoms with Gasteiger partial charge in [-0.25, -0.2) is 4.79 Å². The van der Waals surface area contributed by atoms with Crippen LogP contribution in [0.15, 0.2) is 0 Å². The SMILES string of the molecule is CC(C)(C)OC(=O)N[C@@H]1CC[C@H](N)C[C@@H]1CO. The maximum Gasteiger partial charge on any atom is 0.407 e. The van der Waals surface area contributed by atoms with Crippen molar-refractivity contribution >= 4 is 6.09 Å². The van der Waals surface area contributed by atoms with Crippen LogP contribution in [0.2, 0.25) is 0 Å². The summed E-state index contributed by atoms with van der Waals surface area (Å²) in [4.78, 5) is 11.6. The zero-order chi connectivity index (χ0) is 13.1. The van der Waals surface area contributed by atoms with Crippen LogP contribution in [0.25, 0.3) is 0 Å². The first kappa shape index (κ1) is 14.3. The minimum absolute atomic E-state index is 0.0327. The molecule has 3 atom stereocenters. The summed E-state index contributed by atoms with van der Waals surface area (Å²) in [6.45, 7) is 5.53. The predicted molar refractivity (Wildman–Crippen MR) is 65.6 cm³/mol. The third-order valence-electron chi connectivity index (χ3n) is 2.96. The van der Waals surface area contributed by atoms with Gasteiger partial charge < -0.3 is 20.9 Å². The molecule has 0 saturated heterocycles. The monoisotopic (exact) mass is 244 g/mol. The van der Waals surface area contributed by atoms with Gasteiger partial charge in [-0.3, -0.25) is 0 Å². The van der Waals surface area contributed by atoms with Crippen LogP contribution in [-0.2, 0) is 4.74 Å². The molecular weight excluding hydrogens is 220 g/mol. The molecule has 1 amide bonds. The molecule has 17 heavy (non-hydrogen) atoms. The predicted octanol–water partition coefficient (Wildman–Crippen LogP) is 0.999. The number of rotatable bonds is 2. The highest BCUT2D eigenvalue weighted by molar-refractivity contribution is 5.68. The van der Waals surface area contributed by atoms with Crippen molar-refractivity contribution in [2.75, 3.05) is 6.61 Å². The van der Waals surface area contributed by atoms with Crippen molar-refractivity contribution in [3.8, 4) is 0 Å². The van der Waals surface area contributed by atoms with E-state index in [1.54, 1.807) is 0 Å². The van der Waals surface area contributed by atoms with E-state index in [1.807, 2.05) is 20.8 Å². The van der Waals surface area contributed by atoms with E-state index in [0.29, 0.717) is 0 Å². The number of hydrogen-bond acceptors (Lipinski definition) is 4. The fraction of sp³-hybridized carbons (Fsp3) is 0.917. The molecule has 100 valence electrons. The molecular formula is C12H24N2O3. The minimum atomic E-state index is -0.496. The van der Waals surface area contributed by atoms with E-state index in [4.69, 9.17) is 10.5 Å². The third kappa shape index (κ3) is 4.91. The number of nitrogens with one attached hydrogen (secondary N) is 1. The number of carbonyl (C=O) groups excluding carboxylic acids is 1. The third-order valence-corrected chi connectivity index (χ3v) is 2.96. The second kappa shape index (κ2) is 5.69. The standard InChI is InChI=1S/C12H24N2O3/c1-12(2,3)17-11(16)14-10-5-4-9(13)6-8(10)7-15/h8-10,15H,4-7,13H2,1-3H3,(H,14,16)/t8-,9+,10-/m1/s1. The quantitative estimate of drug-likeness (QED) is 0.676. The van der Waals surface area contributed by atoms with Gasteiger partial charge in [-0.1, -0.05) is 0 Å². The molecule has 0 aliphatic heterocycles. The van der Waals surface area contributed by atoms with E-state index in [2.05, 4.69) is 5.32 Å². The number of carbonyl (C=O) groups is 1. The van der Waals surface area contributed by atoms with Crippen molar-refractivity contribution < 1.29 is 14.6 Å². The first-order chi connectivity index (χ1) is 7.81. The fourth-order valence-corrected chi connectivity index (χ4v) is 2.15. The second-order valence-electron chi connectivity index (χ2n) is 5.77. The smallest absolute Gasteiger partial charge is 0.407 e. The number of nitrogens with two attached hydrogens (primary N) is 1. The second-order valence-corrected chi connectivity index (χ2v) is 5.77. The van der Waals surface area contributed by atoms with Crippen molar-refractivity contribution in [2.24, 2.45) is 11.7 Å². The van der Waals surface area contributed by atoms with Gasteiger partial charge in [0, 0.05) is 24.6 Å². The molecule has 0 aromatic carbocycles. The lowest BCUT2D eigenvalue weighted by molar-refractivity contribution is 0.0439. The molecule has 4 N–H and O–H groups in total. The molecule has 0 aromatic rings. The summed E-state index contributed by atoms with van der Waals surface area (Å²) in [7, 11) is 0. The van der Waals surface area contributed by atoms with Crippen LogP contribution >= 0.6 is 0 Å². The molecule has 0 bridgehead atoms. The van der Waals surface area contributed by atoms with Crippen molar-refractivity contribution in [1.29, 1.82) is 0 Å². The zero-order valence-electron chi connectivity index (χ0n) is 10.9. The summed E-state index contributed by atoms with van der Waals surface area (Å²) in [6.07, 6.45) is 2.00. The Kier molecular flexibility index (Phi) is 4.77.